The Hall–Kier alpha value is -1.57. The van der Waals surface area contributed by atoms with Gasteiger partial charge in [-0.25, -0.2) is 0 Å². The predicted molar refractivity (Wildman–Crippen MR) is 67.2 cm³/mol. The smallest absolute Gasteiger partial charge is 0.150 e. The second-order valence-electron chi connectivity index (χ2n) is 4.57. The van der Waals surface area contributed by atoms with E-state index in [-0.39, 0.29) is 0 Å². The maximum absolute atomic E-state index is 10.8. The van der Waals surface area contributed by atoms with Crippen molar-refractivity contribution >= 4 is 17.2 Å². The van der Waals surface area contributed by atoms with E-state index < -0.39 is 0 Å². The first-order valence-corrected chi connectivity index (χ1v) is 5.62. The van der Waals surface area contributed by atoms with E-state index >= 15 is 0 Å². The molecule has 0 aliphatic heterocycles. The third-order valence-electron chi connectivity index (χ3n) is 3.24. The summed E-state index contributed by atoms with van der Waals surface area (Å²) >= 11 is 0. The number of rotatable bonds is 2. The van der Waals surface area contributed by atoms with Crippen molar-refractivity contribution in [3.05, 3.63) is 35.0 Å². The molecule has 0 atom stereocenters. The molecule has 0 unspecified atom stereocenters. The van der Waals surface area contributed by atoms with Gasteiger partial charge < -0.3 is 4.57 Å². The van der Waals surface area contributed by atoms with Crippen molar-refractivity contribution in [1.29, 1.82) is 0 Å². The number of nitrogens with zero attached hydrogens (tertiary/aromatic N) is 1. The van der Waals surface area contributed by atoms with Crippen molar-refractivity contribution < 1.29 is 4.79 Å². The molecule has 2 nitrogen and oxygen atoms in total. The van der Waals surface area contributed by atoms with Gasteiger partial charge in [0, 0.05) is 28.2 Å². The molecule has 1 heterocycles. The first kappa shape index (κ1) is 10.9. The van der Waals surface area contributed by atoms with Gasteiger partial charge >= 0.3 is 0 Å². The van der Waals surface area contributed by atoms with Crippen LogP contribution in [-0.4, -0.2) is 10.9 Å². The normalized spacial score (nSPS) is 11.3. The lowest BCUT2D eigenvalue weighted by atomic mass is 10.1. The highest BCUT2D eigenvalue weighted by Gasteiger charge is 2.12. The second kappa shape index (κ2) is 3.78. The van der Waals surface area contributed by atoms with E-state index in [0.717, 1.165) is 11.8 Å². The van der Waals surface area contributed by atoms with E-state index in [1.54, 1.807) is 0 Å². The zero-order valence-electron chi connectivity index (χ0n) is 10.2. The first-order chi connectivity index (χ1) is 7.56. The van der Waals surface area contributed by atoms with Gasteiger partial charge in [-0.1, -0.05) is 0 Å². The number of carbonyl (C=O) groups is 1. The molecule has 2 aromatic rings. The molecule has 0 saturated carbocycles. The van der Waals surface area contributed by atoms with Crippen LogP contribution < -0.4 is 0 Å². The highest BCUT2D eigenvalue weighted by molar-refractivity contribution is 5.90. The average molecular weight is 215 g/mol. The van der Waals surface area contributed by atoms with Gasteiger partial charge in [0.1, 0.15) is 6.29 Å². The summed E-state index contributed by atoms with van der Waals surface area (Å²) < 4.78 is 2.32. The number of aryl methyl sites for hydroxylation is 1. The van der Waals surface area contributed by atoms with Crippen LogP contribution in [0.25, 0.3) is 10.9 Å². The van der Waals surface area contributed by atoms with E-state index in [4.69, 9.17) is 0 Å². The van der Waals surface area contributed by atoms with Crippen molar-refractivity contribution in [2.24, 2.45) is 0 Å². The number of carbonyl (C=O) groups excluding carboxylic acids is 1. The molecule has 2 heteroatoms. The topological polar surface area (TPSA) is 22.0 Å². The lowest BCUT2D eigenvalue weighted by Crippen LogP contribution is -2.02. The van der Waals surface area contributed by atoms with E-state index in [9.17, 15) is 4.79 Å². The number of hydrogen-bond acceptors (Lipinski definition) is 1. The molecule has 1 aromatic heterocycles. The quantitative estimate of drug-likeness (QED) is 0.701. The molecule has 0 spiro atoms. The van der Waals surface area contributed by atoms with Gasteiger partial charge in [0.25, 0.3) is 0 Å². The summed E-state index contributed by atoms with van der Waals surface area (Å²) in [6.07, 6.45) is 0.904. The van der Waals surface area contributed by atoms with E-state index in [2.05, 4.69) is 32.3 Å². The van der Waals surface area contributed by atoms with Gasteiger partial charge in [-0.2, -0.15) is 0 Å². The highest BCUT2D eigenvalue weighted by atomic mass is 16.1. The van der Waals surface area contributed by atoms with Crippen LogP contribution in [0.1, 0.15) is 41.5 Å². The van der Waals surface area contributed by atoms with Crippen LogP contribution in [0.4, 0.5) is 0 Å². The van der Waals surface area contributed by atoms with Crippen LogP contribution >= 0.6 is 0 Å². The van der Waals surface area contributed by atoms with Gasteiger partial charge in [0.2, 0.25) is 0 Å². The maximum atomic E-state index is 10.8. The standard InChI is InChI=1S/C14H17NO/c1-9(2)15-11(4)10(3)13-7-12(8-16)5-6-14(13)15/h5-9H,1-4H3. The Morgan fingerprint density at radius 2 is 1.94 bits per heavy atom. The fourth-order valence-corrected chi connectivity index (χ4v) is 2.36. The number of hydrogen-bond donors (Lipinski definition) is 0. The molecule has 2 rings (SSSR count). The van der Waals surface area contributed by atoms with Crippen molar-refractivity contribution in [2.45, 2.75) is 33.7 Å². The van der Waals surface area contributed by atoms with Gasteiger partial charge in [0.15, 0.2) is 0 Å². The van der Waals surface area contributed by atoms with Gasteiger partial charge in [-0.05, 0) is 51.5 Å². The Kier molecular flexibility index (Phi) is 2.58. The first-order valence-electron chi connectivity index (χ1n) is 5.62. The molecule has 0 radical (unpaired) electrons. The third-order valence-corrected chi connectivity index (χ3v) is 3.24. The number of benzene rings is 1. The average Bonchev–Trinajstić information content (AvgIpc) is 2.51. The maximum Gasteiger partial charge on any atom is 0.150 e. The second-order valence-corrected chi connectivity index (χ2v) is 4.57. The molecular weight excluding hydrogens is 198 g/mol. The Bertz CT molecular complexity index is 549. The lowest BCUT2D eigenvalue weighted by molar-refractivity contribution is 0.112. The molecule has 0 aliphatic carbocycles. The Balaban J connectivity index is 2.84. The SMILES string of the molecule is Cc1c(C)n(C(C)C)c2ccc(C=O)cc12. The van der Waals surface area contributed by atoms with Crippen LogP contribution in [0.5, 0.6) is 0 Å². The zero-order chi connectivity index (χ0) is 11.9. The van der Waals surface area contributed by atoms with Crippen LogP contribution in [-0.2, 0) is 0 Å². The third kappa shape index (κ3) is 1.45. The highest BCUT2D eigenvalue weighted by Crippen LogP contribution is 2.28. The fraction of sp³-hybridized carbons (Fsp3) is 0.357. The van der Waals surface area contributed by atoms with E-state index in [0.29, 0.717) is 6.04 Å². The van der Waals surface area contributed by atoms with Crippen molar-refractivity contribution in [1.82, 2.24) is 4.57 Å². The van der Waals surface area contributed by atoms with E-state index in [1.807, 2.05) is 18.2 Å². The predicted octanol–water partition coefficient (Wildman–Crippen LogP) is 3.65. The van der Waals surface area contributed by atoms with Crippen molar-refractivity contribution in [3.8, 4) is 0 Å². The molecule has 16 heavy (non-hydrogen) atoms. The van der Waals surface area contributed by atoms with Crippen LogP contribution in [0, 0.1) is 13.8 Å². The molecule has 0 saturated heterocycles. The van der Waals surface area contributed by atoms with Crippen LogP contribution in [0.2, 0.25) is 0 Å². The molecule has 0 bridgehead atoms. The largest absolute Gasteiger partial charge is 0.342 e. The minimum Gasteiger partial charge on any atom is -0.342 e. The molecule has 0 aliphatic rings. The minimum atomic E-state index is 0.443. The monoisotopic (exact) mass is 215 g/mol. The molecule has 0 fully saturated rings. The van der Waals surface area contributed by atoms with Gasteiger partial charge in [0.05, 0.1) is 0 Å². The Labute approximate surface area is 95.9 Å². The summed E-state index contributed by atoms with van der Waals surface area (Å²) in [7, 11) is 0. The zero-order valence-corrected chi connectivity index (χ0v) is 10.2. The Morgan fingerprint density at radius 3 is 2.50 bits per heavy atom. The van der Waals surface area contributed by atoms with Crippen LogP contribution in [0.15, 0.2) is 18.2 Å². The molecule has 84 valence electrons. The van der Waals surface area contributed by atoms with Gasteiger partial charge in [-0.3, -0.25) is 4.79 Å². The molecule has 0 N–H and O–H groups in total. The molecule has 1 aromatic carbocycles. The fourth-order valence-electron chi connectivity index (χ4n) is 2.36. The Morgan fingerprint density at radius 1 is 1.25 bits per heavy atom. The minimum absolute atomic E-state index is 0.443. The summed E-state index contributed by atoms with van der Waals surface area (Å²) in [5.41, 5.74) is 4.52. The number of aromatic nitrogens is 1. The van der Waals surface area contributed by atoms with Crippen molar-refractivity contribution in [2.75, 3.05) is 0 Å². The number of aldehydes is 1. The summed E-state index contributed by atoms with van der Waals surface area (Å²) in [4.78, 5) is 10.8. The summed E-state index contributed by atoms with van der Waals surface area (Å²) in [5, 5.41) is 1.19. The summed E-state index contributed by atoms with van der Waals surface area (Å²) in [6, 6.07) is 6.34. The van der Waals surface area contributed by atoms with Crippen LogP contribution in [0.3, 0.4) is 0 Å². The summed E-state index contributed by atoms with van der Waals surface area (Å²) in [6.45, 7) is 8.61. The summed E-state index contributed by atoms with van der Waals surface area (Å²) in [5.74, 6) is 0. The van der Waals surface area contributed by atoms with E-state index in [1.165, 1.54) is 22.2 Å². The van der Waals surface area contributed by atoms with Gasteiger partial charge in [-0.15, -0.1) is 0 Å². The lowest BCUT2D eigenvalue weighted by Gasteiger charge is -2.12. The van der Waals surface area contributed by atoms with Crippen molar-refractivity contribution in [3.63, 3.8) is 0 Å². The number of fused-ring (bicyclic) bond motifs is 1. The molecule has 0 amide bonds. The molecular formula is C14H17NO.